The van der Waals surface area contributed by atoms with Gasteiger partial charge in [0.15, 0.2) is 16.7 Å². The summed E-state index contributed by atoms with van der Waals surface area (Å²) in [7, 11) is 1.56. The number of benzene rings is 3. The molecule has 0 atom stereocenters. The molecule has 4 rings (SSSR count). The van der Waals surface area contributed by atoms with Crippen LogP contribution in [0, 0.1) is 0 Å². The molecule has 9 heteroatoms. The van der Waals surface area contributed by atoms with E-state index in [1.807, 2.05) is 12.1 Å². The predicted octanol–water partition coefficient (Wildman–Crippen LogP) is 7.13. The lowest BCUT2D eigenvalue weighted by Gasteiger charge is -2.12. The normalized spacial score (nSPS) is 15.7. The Kier molecular flexibility index (Phi) is 7.50. The molecular weight excluding hydrogens is 503 g/mol. The highest BCUT2D eigenvalue weighted by Gasteiger charge is 2.24. The Morgan fingerprint density at radius 1 is 0.970 bits per heavy atom. The molecule has 0 unspecified atom stereocenters. The zero-order valence-corrected chi connectivity index (χ0v) is 20.4. The van der Waals surface area contributed by atoms with E-state index in [9.17, 15) is 4.79 Å². The highest BCUT2D eigenvalue weighted by atomic mass is 35.5. The zero-order chi connectivity index (χ0) is 23.4. The van der Waals surface area contributed by atoms with Crippen molar-refractivity contribution in [1.82, 2.24) is 5.32 Å². The van der Waals surface area contributed by atoms with E-state index in [0.29, 0.717) is 42.3 Å². The van der Waals surface area contributed by atoms with Crippen LogP contribution < -0.4 is 14.8 Å². The Morgan fingerprint density at radius 3 is 2.45 bits per heavy atom. The quantitative estimate of drug-likeness (QED) is 0.352. The second-order valence-electron chi connectivity index (χ2n) is 6.89. The van der Waals surface area contributed by atoms with Crippen LogP contribution in [0.3, 0.4) is 0 Å². The standard InChI is InChI=1S/C24H17Cl3N2O3S/c1-31-21-10-14(2-9-20(21)32-13-15-3-4-17(26)12-19(15)27)11-22-23(30)29-24(33-22)28-18-7-5-16(25)6-8-18/h2-12H,13H2,1H3,(H,28,29,30)/b22-11-. The molecule has 1 heterocycles. The van der Waals surface area contributed by atoms with Gasteiger partial charge in [0, 0.05) is 20.6 Å². The van der Waals surface area contributed by atoms with Crippen molar-refractivity contribution in [2.75, 3.05) is 7.11 Å². The topological polar surface area (TPSA) is 59.9 Å². The molecule has 1 saturated heterocycles. The monoisotopic (exact) mass is 518 g/mol. The van der Waals surface area contributed by atoms with E-state index >= 15 is 0 Å². The van der Waals surface area contributed by atoms with Gasteiger partial charge in [-0.2, -0.15) is 0 Å². The van der Waals surface area contributed by atoms with Crippen LogP contribution in [0.2, 0.25) is 15.1 Å². The smallest absolute Gasteiger partial charge is 0.264 e. The average Bonchev–Trinajstić information content (AvgIpc) is 3.13. The summed E-state index contributed by atoms with van der Waals surface area (Å²) in [6.07, 6.45) is 1.77. The number of amides is 1. The summed E-state index contributed by atoms with van der Waals surface area (Å²) in [4.78, 5) is 17.3. The summed E-state index contributed by atoms with van der Waals surface area (Å²) < 4.78 is 11.4. The molecule has 0 bridgehead atoms. The van der Waals surface area contributed by atoms with Crippen LogP contribution in [0.25, 0.3) is 6.08 Å². The van der Waals surface area contributed by atoms with Crippen LogP contribution in [0.5, 0.6) is 11.5 Å². The van der Waals surface area contributed by atoms with E-state index in [1.165, 1.54) is 11.8 Å². The molecule has 0 spiro atoms. The van der Waals surface area contributed by atoms with Gasteiger partial charge in [-0.15, -0.1) is 0 Å². The summed E-state index contributed by atoms with van der Waals surface area (Å²) in [5.74, 6) is 0.872. The Hall–Kier alpha value is -2.64. The Labute approximate surface area is 210 Å². The van der Waals surface area contributed by atoms with Crippen molar-refractivity contribution in [3.63, 3.8) is 0 Å². The van der Waals surface area contributed by atoms with Crippen LogP contribution in [0.15, 0.2) is 70.6 Å². The van der Waals surface area contributed by atoms with E-state index in [1.54, 1.807) is 61.7 Å². The third kappa shape index (κ3) is 6.03. The van der Waals surface area contributed by atoms with Crippen LogP contribution in [-0.2, 0) is 11.4 Å². The first-order valence-corrected chi connectivity index (χ1v) is 11.7. The number of amidine groups is 1. The molecule has 1 aliphatic heterocycles. The maximum absolute atomic E-state index is 12.4. The highest BCUT2D eigenvalue weighted by Crippen LogP contribution is 2.33. The first-order chi connectivity index (χ1) is 15.9. The van der Waals surface area contributed by atoms with Crippen LogP contribution in [0.1, 0.15) is 11.1 Å². The number of hydrogen-bond acceptors (Lipinski definition) is 5. The summed E-state index contributed by atoms with van der Waals surface area (Å²) >= 11 is 19.3. The molecule has 3 aromatic carbocycles. The molecule has 5 nitrogen and oxygen atoms in total. The van der Waals surface area contributed by atoms with Crippen molar-refractivity contribution in [2.45, 2.75) is 6.61 Å². The first kappa shape index (κ1) is 23.5. The Bertz CT molecular complexity index is 1260. The van der Waals surface area contributed by atoms with Gasteiger partial charge in [-0.05, 0) is 71.9 Å². The minimum Gasteiger partial charge on any atom is -0.493 e. The molecular formula is C24H17Cl3N2O3S. The molecule has 33 heavy (non-hydrogen) atoms. The maximum Gasteiger partial charge on any atom is 0.264 e. The van der Waals surface area contributed by atoms with E-state index in [2.05, 4.69) is 10.3 Å². The second kappa shape index (κ2) is 10.5. The fourth-order valence-electron chi connectivity index (χ4n) is 2.95. The molecule has 1 fully saturated rings. The molecule has 3 aromatic rings. The number of rotatable bonds is 6. The summed E-state index contributed by atoms with van der Waals surface area (Å²) in [5, 5.41) is 4.99. The fraction of sp³-hybridized carbons (Fsp3) is 0.0833. The Balaban J connectivity index is 1.48. The lowest BCUT2D eigenvalue weighted by molar-refractivity contribution is -0.115. The van der Waals surface area contributed by atoms with Crippen molar-refractivity contribution in [1.29, 1.82) is 0 Å². The van der Waals surface area contributed by atoms with Crippen molar-refractivity contribution in [3.05, 3.63) is 91.8 Å². The fourth-order valence-corrected chi connectivity index (χ4v) is 4.38. The highest BCUT2D eigenvalue weighted by molar-refractivity contribution is 8.18. The molecule has 1 amide bonds. The van der Waals surface area contributed by atoms with Crippen molar-refractivity contribution < 1.29 is 14.3 Å². The number of aliphatic imine (C=N–C) groups is 1. The van der Waals surface area contributed by atoms with E-state index in [4.69, 9.17) is 44.3 Å². The molecule has 0 radical (unpaired) electrons. The van der Waals surface area contributed by atoms with Crippen LogP contribution in [0.4, 0.5) is 5.69 Å². The average molecular weight is 520 g/mol. The Morgan fingerprint density at radius 2 is 1.73 bits per heavy atom. The second-order valence-corrected chi connectivity index (χ2v) is 9.20. The van der Waals surface area contributed by atoms with Gasteiger partial charge in [0.1, 0.15) is 6.61 Å². The van der Waals surface area contributed by atoms with Gasteiger partial charge in [-0.25, -0.2) is 4.99 Å². The molecule has 0 aliphatic carbocycles. The van der Waals surface area contributed by atoms with Gasteiger partial charge in [0.25, 0.3) is 5.91 Å². The largest absolute Gasteiger partial charge is 0.493 e. The SMILES string of the molecule is COc1cc(/C=C2\SC(=Nc3ccc(Cl)cc3)NC2=O)ccc1OCc1ccc(Cl)cc1Cl. The van der Waals surface area contributed by atoms with Crippen LogP contribution in [-0.4, -0.2) is 18.2 Å². The number of carbonyl (C=O) groups is 1. The van der Waals surface area contributed by atoms with Gasteiger partial charge in [0.05, 0.1) is 17.7 Å². The lowest BCUT2D eigenvalue weighted by atomic mass is 10.2. The number of halogens is 3. The van der Waals surface area contributed by atoms with Gasteiger partial charge in [-0.3, -0.25) is 4.79 Å². The number of ether oxygens (including phenoxy) is 2. The molecule has 1 N–H and O–H groups in total. The van der Waals surface area contributed by atoms with Crippen LogP contribution >= 0.6 is 46.6 Å². The number of carbonyl (C=O) groups excluding carboxylic acids is 1. The number of hydrogen-bond donors (Lipinski definition) is 1. The summed E-state index contributed by atoms with van der Waals surface area (Å²) in [5.41, 5.74) is 2.29. The van der Waals surface area contributed by atoms with Gasteiger partial charge < -0.3 is 14.8 Å². The van der Waals surface area contributed by atoms with Crippen molar-refractivity contribution in [3.8, 4) is 11.5 Å². The lowest BCUT2D eigenvalue weighted by Crippen LogP contribution is -2.19. The molecule has 0 saturated carbocycles. The number of nitrogens with one attached hydrogen (secondary N) is 1. The van der Waals surface area contributed by atoms with E-state index in [0.717, 1.165) is 11.1 Å². The maximum atomic E-state index is 12.4. The van der Waals surface area contributed by atoms with Gasteiger partial charge >= 0.3 is 0 Å². The summed E-state index contributed by atoms with van der Waals surface area (Å²) in [6.45, 7) is 0.260. The summed E-state index contributed by atoms with van der Waals surface area (Å²) in [6, 6.07) is 17.7. The van der Waals surface area contributed by atoms with Crippen molar-refractivity contribution >= 4 is 69.4 Å². The minimum atomic E-state index is -0.218. The van der Waals surface area contributed by atoms with E-state index in [-0.39, 0.29) is 12.5 Å². The van der Waals surface area contributed by atoms with Gasteiger partial charge in [0.2, 0.25) is 0 Å². The minimum absolute atomic E-state index is 0.218. The van der Waals surface area contributed by atoms with Crippen molar-refractivity contribution in [2.24, 2.45) is 4.99 Å². The number of methoxy groups -OCH3 is 1. The predicted molar refractivity (Wildman–Crippen MR) is 136 cm³/mol. The van der Waals surface area contributed by atoms with Gasteiger partial charge in [-0.1, -0.05) is 46.9 Å². The zero-order valence-electron chi connectivity index (χ0n) is 17.3. The first-order valence-electron chi connectivity index (χ1n) is 9.71. The van der Waals surface area contributed by atoms with E-state index < -0.39 is 0 Å². The molecule has 168 valence electrons. The molecule has 0 aromatic heterocycles. The number of nitrogens with zero attached hydrogens (tertiary/aromatic N) is 1. The number of thioether (sulfide) groups is 1. The third-order valence-electron chi connectivity index (χ3n) is 4.59. The molecule has 1 aliphatic rings. The third-order valence-corrected chi connectivity index (χ3v) is 6.34.